The van der Waals surface area contributed by atoms with Crippen molar-refractivity contribution in [2.45, 2.75) is 12.8 Å². The highest BCUT2D eigenvalue weighted by Crippen LogP contribution is 2.66. The Morgan fingerprint density at radius 2 is 2.20 bits per heavy atom. The van der Waals surface area contributed by atoms with Gasteiger partial charge in [0.05, 0.1) is 0 Å². The van der Waals surface area contributed by atoms with E-state index in [1.807, 2.05) is 0 Å². The summed E-state index contributed by atoms with van der Waals surface area (Å²) in [5.74, 6) is 1.92. The van der Waals surface area contributed by atoms with E-state index in [9.17, 15) is 0 Å². The molecule has 1 fully saturated rings. The lowest BCUT2D eigenvalue weighted by Crippen LogP contribution is -2.45. The lowest BCUT2D eigenvalue weighted by Gasteiger charge is -2.58. The van der Waals surface area contributed by atoms with Crippen LogP contribution in [0.5, 0.6) is 0 Å². The quantitative estimate of drug-likeness (QED) is 0.469. The molecule has 48 valence electrons. The van der Waals surface area contributed by atoms with Crippen molar-refractivity contribution in [2.75, 3.05) is 0 Å². The molecule has 0 aromatic heterocycles. The van der Waals surface area contributed by atoms with Crippen LogP contribution in [0.15, 0.2) is 34.4 Å². The van der Waals surface area contributed by atoms with Crippen LogP contribution < -0.4 is 0 Å². The Morgan fingerprint density at radius 3 is 3.10 bits per heavy atom. The van der Waals surface area contributed by atoms with E-state index in [1.54, 1.807) is 22.3 Å². The van der Waals surface area contributed by atoms with Crippen molar-refractivity contribution in [3.05, 3.63) is 34.4 Å². The summed E-state index contributed by atoms with van der Waals surface area (Å²) in [6.45, 7) is 0. The van der Waals surface area contributed by atoms with Crippen molar-refractivity contribution < 1.29 is 0 Å². The third-order valence-corrected chi connectivity index (χ3v) is 3.51. The van der Waals surface area contributed by atoms with Crippen LogP contribution in [0.1, 0.15) is 12.8 Å². The Morgan fingerprint density at radius 1 is 1.20 bits per heavy atom. The molecule has 0 bridgehead atoms. The van der Waals surface area contributed by atoms with Gasteiger partial charge in [-0.2, -0.15) is 0 Å². The van der Waals surface area contributed by atoms with Gasteiger partial charge in [-0.05, 0) is 41.1 Å². The maximum absolute atomic E-state index is 2.48. The van der Waals surface area contributed by atoms with Gasteiger partial charge in [0.15, 0.2) is 0 Å². The molecule has 2 atom stereocenters. The molecule has 0 heterocycles. The zero-order valence-corrected chi connectivity index (χ0v) is 5.72. The van der Waals surface area contributed by atoms with Crippen LogP contribution >= 0.6 is 0 Å². The first-order valence-corrected chi connectivity index (χ1v) is 4.09. The number of hydrogen-bond donors (Lipinski definition) is 0. The van der Waals surface area contributed by atoms with E-state index >= 15 is 0 Å². The molecule has 0 aromatic rings. The van der Waals surface area contributed by atoms with E-state index in [-0.39, 0.29) is 0 Å². The lowest BCUT2D eigenvalue weighted by atomic mass is 9.46. The molecule has 10 heavy (non-hydrogen) atoms. The predicted octanol–water partition coefficient (Wildman–Crippen LogP) is 2.20. The summed E-state index contributed by atoms with van der Waals surface area (Å²) >= 11 is 0. The normalized spacial score (nSPS) is 44.0. The first-order valence-electron chi connectivity index (χ1n) is 4.09. The van der Waals surface area contributed by atoms with Crippen LogP contribution in [-0.2, 0) is 0 Å². The maximum Gasteiger partial charge on any atom is 0.0102 e. The first kappa shape index (κ1) is 4.17. The third kappa shape index (κ3) is 0.213. The molecule has 0 N–H and O–H groups in total. The Kier molecular flexibility index (Phi) is 0.397. The van der Waals surface area contributed by atoms with E-state index in [2.05, 4.69) is 12.2 Å². The lowest BCUT2D eigenvalue weighted by molar-refractivity contribution is 0.342. The number of allylic oxidation sites excluding steroid dienone is 6. The smallest absolute Gasteiger partial charge is 0.0102 e. The molecule has 0 nitrogen and oxygen atoms in total. The largest absolute Gasteiger partial charge is 0.0766 e. The zero-order valence-electron chi connectivity index (χ0n) is 5.72. The van der Waals surface area contributed by atoms with E-state index in [1.165, 1.54) is 12.8 Å². The summed E-state index contributed by atoms with van der Waals surface area (Å²) in [6, 6.07) is 0. The van der Waals surface area contributed by atoms with Crippen LogP contribution in [0.3, 0.4) is 0 Å². The summed E-state index contributed by atoms with van der Waals surface area (Å²) in [5.41, 5.74) is 6.86. The summed E-state index contributed by atoms with van der Waals surface area (Å²) in [7, 11) is 0. The average molecular weight is 128 g/mol. The highest BCUT2D eigenvalue weighted by molar-refractivity contribution is 5.71. The SMILES string of the molecule is C1=C2CC=C3C[C@H]4C3=C2C14. The second kappa shape index (κ2) is 0.952. The predicted molar refractivity (Wildman–Crippen MR) is 39.4 cm³/mol. The molecule has 0 spiro atoms. The zero-order chi connectivity index (χ0) is 6.29. The number of fused-ring (bicyclic) bond motifs is 1. The van der Waals surface area contributed by atoms with Crippen LogP contribution in [0.25, 0.3) is 0 Å². The van der Waals surface area contributed by atoms with Crippen LogP contribution in [0.2, 0.25) is 0 Å². The molecule has 0 aromatic carbocycles. The van der Waals surface area contributed by atoms with Gasteiger partial charge in [0.25, 0.3) is 0 Å². The van der Waals surface area contributed by atoms with Gasteiger partial charge >= 0.3 is 0 Å². The minimum atomic E-state index is 0.933. The van der Waals surface area contributed by atoms with Gasteiger partial charge in [-0.25, -0.2) is 0 Å². The Hall–Kier alpha value is -0.780. The molecule has 0 saturated heterocycles. The van der Waals surface area contributed by atoms with Crippen molar-refractivity contribution in [1.82, 2.24) is 0 Å². The summed E-state index contributed by atoms with van der Waals surface area (Å²) < 4.78 is 0. The maximum atomic E-state index is 2.48. The van der Waals surface area contributed by atoms with E-state index in [0.717, 1.165) is 11.8 Å². The number of rotatable bonds is 0. The molecule has 4 rings (SSSR count). The second-order valence-electron chi connectivity index (χ2n) is 3.79. The first-order chi connectivity index (χ1) is 4.95. The molecule has 4 aliphatic carbocycles. The van der Waals surface area contributed by atoms with Crippen molar-refractivity contribution in [2.24, 2.45) is 11.8 Å². The topological polar surface area (TPSA) is 0 Å². The van der Waals surface area contributed by atoms with E-state index in [0.29, 0.717) is 0 Å². The van der Waals surface area contributed by atoms with Crippen molar-refractivity contribution in [3.8, 4) is 0 Å². The second-order valence-corrected chi connectivity index (χ2v) is 3.79. The van der Waals surface area contributed by atoms with Gasteiger partial charge in [-0.1, -0.05) is 12.2 Å². The summed E-state index contributed by atoms with van der Waals surface area (Å²) in [4.78, 5) is 0. The van der Waals surface area contributed by atoms with Crippen LogP contribution in [0.4, 0.5) is 0 Å². The average Bonchev–Trinajstić information content (AvgIpc) is 1.76. The molecular weight excluding hydrogens is 120 g/mol. The highest BCUT2D eigenvalue weighted by atomic mass is 14.6. The Labute approximate surface area is 59.9 Å². The van der Waals surface area contributed by atoms with Crippen molar-refractivity contribution >= 4 is 0 Å². The molecule has 0 amide bonds. The highest BCUT2D eigenvalue weighted by Gasteiger charge is 2.53. The minimum absolute atomic E-state index is 0.933. The molecule has 0 aliphatic heterocycles. The Balaban J connectivity index is 2.13. The third-order valence-electron chi connectivity index (χ3n) is 3.51. The van der Waals surface area contributed by atoms with Gasteiger partial charge in [-0.3, -0.25) is 0 Å². The molecular formula is C10H8. The monoisotopic (exact) mass is 128 g/mol. The van der Waals surface area contributed by atoms with Crippen LogP contribution in [-0.4, -0.2) is 0 Å². The molecule has 4 aliphatic rings. The van der Waals surface area contributed by atoms with E-state index in [4.69, 9.17) is 0 Å². The standard InChI is InChI=1S/C10H8/c1-2-6-4-8-7-3-5(1)9(7)10(6)8/h1,4,7-8H,2-3H2/t7-,8?/m1/s1. The molecule has 1 unspecified atom stereocenters. The molecule has 0 radical (unpaired) electrons. The van der Waals surface area contributed by atoms with Gasteiger partial charge in [0.1, 0.15) is 0 Å². The van der Waals surface area contributed by atoms with Gasteiger partial charge in [0.2, 0.25) is 0 Å². The number of hydrogen-bond acceptors (Lipinski definition) is 0. The van der Waals surface area contributed by atoms with Gasteiger partial charge in [-0.15, -0.1) is 0 Å². The fourth-order valence-electron chi connectivity index (χ4n) is 2.92. The fourth-order valence-corrected chi connectivity index (χ4v) is 2.92. The van der Waals surface area contributed by atoms with E-state index < -0.39 is 0 Å². The molecule has 0 heteroatoms. The van der Waals surface area contributed by atoms with Crippen molar-refractivity contribution in [3.63, 3.8) is 0 Å². The van der Waals surface area contributed by atoms with Crippen LogP contribution in [0, 0.1) is 11.8 Å². The summed E-state index contributed by atoms with van der Waals surface area (Å²) in [6.07, 6.45) is 7.55. The summed E-state index contributed by atoms with van der Waals surface area (Å²) in [5, 5.41) is 0. The van der Waals surface area contributed by atoms with Gasteiger partial charge in [0, 0.05) is 5.92 Å². The fraction of sp³-hybridized carbons (Fsp3) is 0.400. The van der Waals surface area contributed by atoms with Gasteiger partial charge < -0.3 is 0 Å². The minimum Gasteiger partial charge on any atom is -0.0766 e. The molecule has 1 saturated carbocycles. The Bertz CT molecular complexity index is 339. The van der Waals surface area contributed by atoms with Crippen molar-refractivity contribution in [1.29, 1.82) is 0 Å².